The first-order valence-corrected chi connectivity index (χ1v) is 5.00. The predicted molar refractivity (Wildman–Crippen MR) is 60.2 cm³/mol. The van der Waals surface area contributed by atoms with Crippen molar-refractivity contribution in [2.24, 2.45) is 0 Å². The van der Waals surface area contributed by atoms with E-state index in [9.17, 15) is 4.79 Å². The highest BCUT2D eigenvalue weighted by molar-refractivity contribution is 9.10. The maximum Gasteiger partial charge on any atom is 0.255 e. The summed E-state index contributed by atoms with van der Waals surface area (Å²) in [5.41, 5.74) is 1.56. The minimum atomic E-state index is -0.0603. The maximum absolute atomic E-state index is 11.4. The quantitative estimate of drug-likeness (QED) is 0.829. The van der Waals surface area contributed by atoms with E-state index in [1.165, 1.54) is 0 Å². The normalized spacial score (nSPS) is 10.1. The number of H-pyrrole nitrogens is 1. The fraction of sp³-hybridized carbons (Fsp3) is 0. The lowest BCUT2D eigenvalue weighted by molar-refractivity contribution is 1.24. The van der Waals surface area contributed by atoms with Crippen LogP contribution in [0.4, 0.5) is 0 Å². The Hall–Kier alpha value is -1.35. The van der Waals surface area contributed by atoms with E-state index in [1.54, 1.807) is 6.20 Å². The van der Waals surface area contributed by atoms with Crippen LogP contribution in [0.25, 0.3) is 11.1 Å². The van der Waals surface area contributed by atoms with Gasteiger partial charge in [0, 0.05) is 16.2 Å². The van der Waals surface area contributed by atoms with Crippen molar-refractivity contribution in [2.45, 2.75) is 0 Å². The molecule has 0 aliphatic carbocycles. The van der Waals surface area contributed by atoms with E-state index in [4.69, 9.17) is 0 Å². The van der Waals surface area contributed by atoms with Gasteiger partial charge >= 0.3 is 0 Å². The summed E-state index contributed by atoms with van der Waals surface area (Å²) in [6, 6.07) is 11.3. The highest BCUT2D eigenvalue weighted by Gasteiger charge is 2.00. The van der Waals surface area contributed by atoms with Crippen molar-refractivity contribution in [1.82, 2.24) is 4.98 Å². The van der Waals surface area contributed by atoms with Crippen molar-refractivity contribution in [1.29, 1.82) is 0 Å². The molecule has 0 radical (unpaired) electrons. The highest BCUT2D eigenvalue weighted by Crippen LogP contribution is 2.17. The lowest BCUT2D eigenvalue weighted by Crippen LogP contribution is -2.06. The summed E-state index contributed by atoms with van der Waals surface area (Å²) in [6.07, 6.45) is 1.63. The molecule has 1 aromatic carbocycles. The van der Waals surface area contributed by atoms with Crippen molar-refractivity contribution in [3.8, 4) is 11.1 Å². The average Bonchev–Trinajstić information content (AvgIpc) is 2.20. The van der Waals surface area contributed by atoms with Gasteiger partial charge in [0.2, 0.25) is 0 Å². The largest absolute Gasteiger partial charge is 0.329 e. The van der Waals surface area contributed by atoms with Gasteiger partial charge in [-0.15, -0.1) is 0 Å². The molecule has 1 aromatic heterocycles. The minimum Gasteiger partial charge on any atom is -0.329 e. The van der Waals surface area contributed by atoms with Crippen LogP contribution in [0.2, 0.25) is 0 Å². The summed E-state index contributed by atoms with van der Waals surface area (Å²) in [7, 11) is 0. The van der Waals surface area contributed by atoms with Crippen LogP contribution in [0.3, 0.4) is 0 Å². The summed E-state index contributed by atoms with van der Waals surface area (Å²) in [5, 5.41) is 0. The summed E-state index contributed by atoms with van der Waals surface area (Å²) in [6.45, 7) is 0. The number of pyridine rings is 1. The van der Waals surface area contributed by atoms with Crippen molar-refractivity contribution in [3.05, 3.63) is 57.4 Å². The molecule has 2 nitrogen and oxygen atoms in total. The fourth-order valence-corrected chi connectivity index (χ4v) is 1.54. The molecule has 70 valence electrons. The Morgan fingerprint density at radius 2 is 1.79 bits per heavy atom. The van der Waals surface area contributed by atoms with E-state index in [0.29, 0.717) is 5.56 Å². The predicted octanol–water partition coefficient (Wildman–Crippen LogP) is 2.80. The molecule has 0 saturated carbocycles. The molecule has 1 heterocycles. The molecule has 0 bridgehead atoms. The molecule has 0 atom stereocenters. The van der Waals surface area contributed by atoms with E-state index in [1.807, 2.05) is 36.4 Å². The first-order valence-electron chi connectivity index (χ1n) is 4.21. The van der Waals surface area contributed by atoms with Gasteiger partial charge in [-0.3, -0.25) is 4.79 Å². The third-order valence-corrected chi connectivity index (χ3v) is 2.50. The second-order valence-electron chi connectivity index (χ2n) is 2.92. The Balaban J connectivity index is 2.56. The molecule has 0 unspecified atom stereocenters. The number of aromatic amines is 1. The van der Waals surface area contributed by atoms with Crippen LogP contribution in [-0.2, 0) is 0 Å². The minimum absolute atomic E-state index is 0.0603. The number of hydrogen-bond acceptors (Lipinski definition) is 1. The van der Waals surface area contributed by atoms with Crippen LogP contribution in [-0.4, -0.2) is 4.98 Å². The van der Waals surface area contributed by atoms with Gasteiger partial charge < -0.3 is 4.98 Å². The van der Waals surface area contributed by atoms with Crippen LogP contribution in [0.1, 0.15) is 0 Å². The van der Waals surface area contributed by atoms with Gasteiger partial charge in [0.1, 0.15) is 0 Å². The molecule has 3 heteroatoms. The Bertz CT molecular complexity index is 487. The standard InChI is InChI=1S/C11H8BrNO/c12-9-5-3-8(4-6-9)10-2-1-7-13-11(10)14/h1-7H,(H,13,14). The first kappa shape index (κ1) is 9.21. The van der Waals surface area contributed by atoms with Gasteiger partial charge in [0.25, 0.3) is 5.56 Å². The zero-order chi connectivity index (χ0) is 9.97. The SMILES string of the molecule is O=c1[nH]cccc1-c1ccc(Br)cc1. The number of halogens is 1. The van der Waals surface area contributed by atoms with Crippen molar-refractivity contribution in [2.75, 3.05) is 0 Å². The number of aromatic nitrogens is 1. The van der Waals surface area contributed by atoms with Crippen molar-refractivity contribution in [3.63, 3.8) is 0 Å². The van der Waals surface area contributed by atoms with Gasteiger partial charge in [-0.1, -0.05) is 28.1 Å². The third-order valence-electron chi connectivity index (χ3n) is 1.97. The van der Waals surface area contributed by atoms with Crippen LogP contribution < -0.4 is 5.56 Å². The molecular formula is C11H8BrNO. The monoisotopic (exact) mass is 249 g/mol. The van der Waals surface area contributed by atoms with E-state index < -0.39 is 0 Å². The zero-order valence-corrected chi connectivity index (χ0v) is 8.91. The van der Waals surface area contributed by atoms with E-state index in [0.717, 1.165) is 10.0 Å². The summed E-state index contributed by atoms with van der Waals surface area (Å²) in [4.78, 5) is 14.1. The second kappa shape index (κ2) is 3.80. The molecule has 0 aliphatic rings. The molecule has 2 aromatic rings. The topological polar surface area (TPSA) is 32.9 Å². The number of nitrogens with one attached hydrogen (secondary N) is 1. The molecule has 0 aliphatic heterocycles. The average molecular weight is 250 g/mol. The summed E-state index contributed by atoms with van der Waals surface area (Å²) >= 11 is 3.35. The number of hydrogen-bond donors (Lipinski definition) is 1. The Kier molecular flexibility index (Phi) is 2.50. The molecule has 0 fully saturated rings. The van der Waals surface area contributed by atoms with Gasteiger partial charge in [0.05, 0.1) is 0 Å². The molecule has 1 N–H and O–H groups in total. The van der Waals surface area contributed by atoms with Crippen molar-refractivity contribution < 1.29 is 0 Å². The second-order valence-corrected chi connectivity index (χ2v) is 3.84. The smallest absolute Gasteiger partial charge is 0.255 e. The molecule has 14 heavy (non-hydrogen) atoms. The van der Waals surface area contributed by atoms with Crippen molar-refractivity contribution >= 4 is 15.9 Å². The molecular weight excluding hydrogens is 242 g/mol. The Morgan fingerprint density at radius 3 is 2.43 bits per heavy atom. The van der Waals surface area contributed by atoms with Crippen LogP contribution in [0.5, 0.6) is 0 Å². The summed E-state index contributed by atoms with van der Waals surface area (Å²) in [5.74, 6) is 0. The zero-order valence-electron chi connectivity index (χ0n) is 7.33. The first-order chi connectivity index (χ1) is 6.77. The van der Waals surface area contributed by atoms with Gasteiger partial charge in [0.15, 0.2) is 0 Å². The lowest BCUT2D eigenvalue weighted by atomic mass is 10.1. The van der Waals surface area contributed by atoms with Gasteiger partial charge in [-0.25, -0.2) is 0 Å². The van der Waals surface area contributed by atoms with Gasteiger partial charge in [-0.2, -0.15) is 0 Å². The number of rotatable bonds is 1. The van der Waals surface area contributed by atoms with Crippen LogP contribution in [0.15, 0.2) is 51.9 Å². The van der Waals surface area contributed by atoms with E-state index >= 15 is 0 Å². The van der Waals surface area contributed by atoms with Crippen LogP contribution >= 0.6 is 15.9 Å². The number of benzene rings is 1. The molecule has 0 spiro atoms. The highest BCUT2D eigenvalue weighted by atomic mass is 79.9. The Labute approximate surface area is 89.7 Å². The van der Waals surface area contributed by atoms with Crippen LogP contribution in [0, 0.1) is 0 Å². The fourth-order valence-electron chi connectivity index (χ4n) is 1.28. The van der Waals surface area contributed by atoms with E-state index in [-0.39, 0.29) is 5.56 Å². The van der Waals surface area contributed by atoms with Gasteiger partial charge in [-0.05, 0) is 29.8 Å². The van der Waals surface area contributed by atoms with E-state index in [2.05, 4.69) is 20.9 Å². The lowest BCUT2D eigenvalue weighted by Gasteiger charge is -1.99. The molecule has 0 saturated heterocycles. The third kappa shape index (κ3) is 1.77. The molecule has 2 rings (SSSR count). The molecule has 0 amide bonds. The summed E-state index contributed by atoms with van der Waals surface area (Å²) < 4.78 is 1.01. The maximum atomic E-state index is 11.4. The Morgan fingerprint density at radius 1 is 1.07 bits per heavy atom.